The van der Waals surface area contributed by atoms with Crippen molar-refractivity contribution in [3.63, 3.8) is 0 Å². The molecule has 0 bridgehead atoms. The minimum atomic E-state index is -0.852. The van der Waals surface area contributed by atoms with Gasteiger partial charge in [0.25, 0.3) is 11.8 Å². The highest BCUT2D eigenvalue weighted by atomic mass is 79.9. The fraction of sp³-hybridized carbons (Fsp3) is 0.286. The monoisotopic (exact) mass is 446 g/mol. The van der Waals surface area contributed by atoms with Crippen LogP contribution in [0.3, 0.4) is 0 Å². The van der Waals surface area contributed by atoms with Crippen LogP contribution < -0.4 is 10.6 Å². The lowest BCUT2D eigenvalue weighted by Gasteiger charge is -2.21. The summed E-state index contributed by atoms with van der Waals surface area (Å²) >= 11 is 3.36. The molecule has 2 aromatic rings. The normalized spacial score (nSPS) is 11.6. The molecule has 7 heteroatoms. The van der Waals surface area contributed by atoms with Gasteiger partial charge in [-0.1, -0.05) is 48.0 Å². The van der Waals surface area contributed by atoms with Crippen molar-refractivity contribution in [2.24, 2.45) is 5.92 Å². The molecule has 0 radical (unpaired) electrons. The van der Waals surface area contributed by atoms with Crippen molar-refractivity contribution in [1.29, 1.82) is 0 Å². The van der Waals surface area contributed by atoms with Gasteiger partial charge in [-0.3, -0.25) is 9.59 Å². The Kier molecular flexibility index (Phi) is 7.75. The molecule has 28 heavy (non-hydrogen) atoms. The maximum atomic E-state index is 12.4. The van der Waals surface area contributed by atoms with E-state index >= 15 is 0 Å². The number of aryl methyl sites for hydroxylation is 1. The highest BCUT2D eigenvalue weighted by molar-refractivity contribution is 9.10. The number of hydrogen-bond donors (Lipinski definition) is 2. The van der Waals surface area contributed by atoms with Crippen molar-refractivity contribution < 1.29 is 19.1 Å². The second-order valence-electron chi connectivity index (χ2n) is 6.68. The third-order valence-electron chi connectivity index (χ3n) is 4.05. The summed E-state index contributed by atoms with van der Waals surface area (Å²) in [6.07, 6.45) is 0. The summed E-state index contributed by atoms with van der Waals surface area (Å²) in [5.74, 6) is -1.67. The van der Waals surface area contributed by atoms with Crippen LogP contribution in [0.25, 0.3) is 0 Å². The Bertz CT molecular complexity index is 853. The highest BCUT2D eigenvalue weighted by Gasteiger charge is 2.26. The van der Waals surface area contributed by atoms with Crippen LogP contribution in [0.1, 0.15) is 29.8 Å². The molecule has 0 aliphatic heterocycles. The first-order valence-electron chi connectivity index (χ1n) is 8.86. The molecule has 0 aliphatic rings. The number of carbonyl (C=O) groups excluding carboxylic acids is 3. The van der Waals surface area contributed by atoms with Gasteiger partial charge < -0.3 is 15.4 Å². The second kappa shape index (κ2) is 10.0. The van der Waals surface area contributed by atoms with Crippen molar-refractivity contribution in [1.82, 2.24) is 5.32 Å². The molecule has 2 rings (SSSR count). The van der Waals surface area contributed by atoms with Crippen molar-refractivity contribution in [3.05, 3.63) is 64.1 Å². The summed E-state index contributed by atoms with van der Waals surface area (Å²) in [7, 11) is 0. The smallest absolute Gasteiger partial charge is 0.329 e. The van der Waals surface area contributed by atoms with E-state index in [-0.39, 0.29) is 11.8 Å². The number of anilines is 1. The Morgan fingerprint density at radius 2 is 1.75 bits per heavy atom. The topological polar surface area (TPSA) is 84.5 Å². The van der Waals surface area contributed by atoms with Crippen LogP contribution >= 0.6 is 15.9 Å². The third kappa shape index (κ3) is 6.20. The van der Waals surface area contributed by atoms with Gasteiger partial charge in [0, 0.05) is 15.7 Å². The number of carbonyl (C=O) groups is 3. The molecule has 1 atom stereocenters. The number of nitrogens with one attached hydrogen (secondary N) is 2. The molecule has 2 amide bonds. The molecule has 0 aromatic heterocycles. The van der Waals surface area contributed by atoms with E-state index in [2.05, 4.69) is 26.6 Å². The summed E-state index contributed by atoms with van der Waals surface area (Å²) < 4.78 is 6.03. The molecule has 6 nitrogen and oxygen atoms in total. The van der Waals surface area contributed by atoms with Gasteiger partial charge in [-0.15, -0.1) is 0 Å². The number of esters is 1. The fourth-order valence-electron chi connectivity index (χ4n) is 2.49. The third-order valence-corrected chi connectivity index (χ3v) is 4.54. The molecular weight excluding hydrogens is 424 g/mol. The predicted molar refractivity (Wildman–Crippen MR) is 111 cm³/mol. The van der Waals surface area contributed by atoms with Crippen LogP contribution in [-0.2, 0) is 14.3 Å². The zero-order valence-electron chi connectivity index (χ0n) is 16.0. The van der Waals surface area contributed by atoms with Gasteiger partial charge in [-0.25, -0.2) is 4.79 Å². The predicted octanol–water partition coefficient (Wildman–Crippen LogP) is 3.69. The zero-order chi connectivity index (χ0) is 20.7. The first-order chi connectivity index (χ1) is 13.3. The van der Waals surface area contributed by atoms with E-state index in [0.29, 0.717) is 11.3 Å². The number of hydrogen-bond acceptors (Lipinski definition) is 4. The number of rotatable bonds is 7. The van der Waals surface area contributed by atoms with Crippen LogP contribution in [-0.4, -0.2) is 30.4 Å². The Balaban J connectivity index is 1.92. The summed E-state index contributed by atoms with van der Waals surface area (Å²) in [5.41, 5.74) is 1.97. The Morgan fingerprint density at radius 3 is 2.36 bits per heavy atom. The summed E-state index contributed by atoms with van der Waals surface area (Å²) in [6, 6.07) is 13.2. The van der Waals surface area contributed by atoms with Crippen molar-refractivity contribution >= 4 is 39.4 Å². The summed E-state index contributed by atoms with van der Waals surface area (Å²) in [4.78, 5) is 36.8. The minimum absolute atomic E-state index is 0.197. The highest BCUT2D eigenvalue weighted by Crippen LogP contribution is 2.20. The molecule has 0 heterocycles. The molecule has 0 saturated heterocycles. The number of amides is 2. The first kappa shape index (κ1) is 21.6. The lowest BCUT2D eigenvalue weighted by atomic mass is 10.0. The first-order valence-corrected chi connectivity index (χ1v) is 9.65. The Hall–Kier alpha value is -2.67. The van der Waals surface area contributed by atoms with E-state index in [4.69, 9.17) is 4.74 Å². The van der Waals surface area contributed by atoms with Crippen LogP contribution in [0.2, 0.25) is 0 Å². The van der Waals surface area contributed by atoms with Crippen molar-refractivity contribution in [3.8, 4) is 0 Å². The van der Waals surface area contributed by atoms with E-state index in [1.165, 1.54) is 0 Å². The van der Waals surface area contributed by atoms with Crippen LogP contribution in [0.5, 0.6) is 0 Å². The van der Waals surface area contributed by atoms with E-state index in [1.54, 1.807) is 50.2 Å². The quantitative estimate of drug-likeness (QED) is 0.635. The molecule has 0 unspecified atom stereocenters. The van der Waals surface area contributed by atoms with Gasteiger partial charge >= 0.3 is 5.97 Å². The van der Waals surface area contributed by atoms with Gasteiger partial charge in [-0.05, 0) is 48.7 Å². The van der Waals surface area contributed by atoms with Gasteiger partial charge in [0.1, 0.15) is 6.04 Å². The fourth-order valence-corrected chi connectivity index (χ4v) is 2.97. The summed E-state index contributed by atoms with van der Waals surface area (Å²) in [5, 5.41) is 5.37. The van der Waals surface area contributed by atoms with Crippen molar-refractivity contribution in [2.45, 2.75) is 26.8 Å². The molecule has 148 valence electrons. The van der Waals surface area contributed by atoms with E-state index in [1.807, 2.05) is 19.1 Å². The molecule has 0 fully saturated rings. The Labute approximate surface area is 172 Å². The van der Waals surface area contributed by atoms with Crippen molar-refractivity contribution in [2.75, 3.05) is 11.9 Å². The van der Waals surface area contributed by atoms with E-state index in [9.17, 15) is 14.4 Å². The zero-order valence-corrected chi connectivity index (χ0v) is 17.6. The number of ether oxygens (including phenoxy) is 1. The Morgan fingerprint density at radius 1 is 1.07 bits per heavy atom. The van der Waals surface area contributed by atoms with E-state index in [0.717, 1.165) is 10.0 Å². The number of benzene rings is 2. The maximum absolute atomic E-state index is 12.4. The lowest BCUT2D eigenvalue weighted by Crippen LogP contribution is -2.45. The molecule has 2 N–H and O–H groups in total. The van der Waals surface area contributed by atoms with Crippen LogP contribution in [0, 0.1) is 12.8 Å². The van der Waals surface area contributed by atoms with Gasteiger partial charge in [0.2, 0.25) is 0 Å². The minimum Gasteiger partial charge on any atom is -0.454 e. The molecule has 0 spiro atoms. The number of halogens is 1. The molecule has 0 saturated carbocycles. The maximum Gasteiger partial charge on any atom is 0.329 e. The standard InChI is InChI=1S/C21H23BrN2O4/c1-13(2)19(24-20(26)15-7-5-4-6-8-15)21(27)28-12-18(25)23-17-10-9-16(22)11-14(17)3/h4-11,13,19H,12H2,1-3H3,(H,23,25)(H,24,26)/t19-/m0/s1. The average molecular weight is 447 g/mol. The van der Waals surface area contributed by atoms with Crippen LogP contribution in [0.15, 0.2) is 53.0 Å². The lowest BCUT2D eigenvalue weighted by molar-refractivity contribution is -0.150. The SMILES string of the molecule is Cc1cc(Br)ccc1NC(=O)COC(=O)[C@@H](NC(=O)c1ccccc1)C(C)C. The van der Waals surface area contributed by atoms with E-state index < -0.39 is 24.5 Å². The average Bonchev–Trinajstić information content (AvgIpc) is 2.66. The second-order valence-corrected chi connectivity index (χ2v) is 7.59. The molecule has 2 aromatic carbocycles. The summed E-state index contributed by atoms with van der Waals surface area (Å²) in [6.45, 7) is 5.02. The van der Waals surface area contributed by atoms with Crippen LogP contribution in [0.4, 0.5) is 5.69 Å². The molecular formula is C21H23BrN2O4. The van der Waals surface area contributed by atoms with Gasteiger partial charge in [0.05, 0.1) is 0 Å². The largest absolute Gasteiger partial charge is 0.454 e. The molecule has 0 aliphatic carbocycles. The van der Waals surface area contributed by atoms with Gasteiger partial charge in [0.15, 0.2) is 6.61 Å². The van der Waals surface area contributed by atoms with Gasteiger partial charge in [-0.2, -0.15) is 0 Å².